The van der Waals surface area contributed by atoms with Gasteiger partial charge in [0.2, 0.25) is 5.91 Å². The number of nitrogens with two attached hydrogens (primary N) is 1. The number of amides is 1. The Kier molecular flexibility index (Phi) is 4.55. The Morgan fingerprint density at radius 1 is 1.12 bits per heavy atom. The summed E-state index contributed by atoms with van der Waals surface area (Å²) in [6, 6.07) is 12.2. The highest BCUT2D eigenvalue weighted by molar-refractivity contribution is 9.10. The quantitative estimate of drug-likeness (QED) is 0.797. The summed E-state index contributed by atoms with van der Waals surface area (Å²) in [7, 11) is 0. The molecule has 0 radical (unpaired) electrons. The molecule has 0 bridgehead atoms. The highest BCUT2D eigenvalue weighted by atomic mass is 79.9. The van der Waals surface area contributed by atoms with Crippen LogP contribution >= 0.6 is 15.9 Å². The zero-order valence-electron chi connectivity index (χ0n) is 14.1. The van der Waals surface area contributed by atoms with Crippen molar-refractivity contribution in [2.75, 3.05) is 6.61 Å². The lowest BCUT2D eigenvalue weighted by Crippen LogP contribution is -2.19. The lowest BCUT2D eigenvalue weighted by atomic mass is 9.78. The molecule has 130 valence electrons. The molecule has 4 heteroatoms. The molecule has 0 heterocycles. The van der Waals surface area contributed by atoms with Crippen LogP contribution in [0.25, 0.3) is 0 Å². The first-order valence-electron chi connectivity index (χ1n) is 8.94. The second-order valence-corrected chi connectivity index (χ2v) is 8.14. The van der Waals surface area contributed by atoms with Crippen LogP contribution in [-0.4, -0.2) is 12.5 Å². The van der Waals surface area contributed by atoms with Gasteiger partial charge in [-0.05, 0) is 91.0 Å². The number of fused-ring (bicyclic) bond motifs is 1. The zero-order chi connectivity index (χ0) is 17.4. The van der Waals surface area contributed by atoms with Crippen LogP contribution in [0, 0.1) is 5.92 Å². The number of primary amides is 1. The molecule has 1 saturated carbocycles. The number of rotatable bonds is 5. The van der Waals surface area contributed by atoms with Gasteiger partial charge < -0.3 is 10.5 Å². The average molecular weight is 400 g/mol. The van der Waals surface area contributed by atoms with Gasteiger partial charge in [0.1, 0.15) is 5.75 Å². The summed E-state index contributed by atoms with van der Waals surface area (Å²) in [6.45, 7) is 0.775. The minimum atomic E-state index is -0.356. The normalized spacial score (nSPS) is 19.3. The van der Waals surface area contributed by atoms with E-state index in [-0.39, 0.29) is 5.91 Å². The molecule has 1 amide bonds. The second kappa shape index (κ2) is 6.83. The summed E-state index contributed by atoms with van der Waals surface area (Å²) in [5.41, 5.74) is 10.1. The Labute approximate surface area is 156 Å². The van der Waals surface area contributed by atoms with Gasteiger partial charge in [-0.15, -0.1) is 0 Å². The Bertz CT molecular complexity index is 814. The molecule has 0 unspecified atom stereocenters. The van der Waals surface area contributed by atoms with Crippen LogP contribution in [-0.2, 0) is 12.8 Å². The van der Waals surface area contributed by atoms with Crippen molar-refractivity contribution < 1.29 is 9.53 Å². The highest BCUT2D eigenvalue weighted by Crippen LogP contribution is 2.37. The van der Waals surface area contributed by atoms with Crippen LogP contribution in [0.2, 0.25) is 0 Å². The minimum absolute atomic E-state index is 0.306. The number of hydrogen-bond donors (Lipinski definition) is 1. The first-order chi connectivity index (χ1) is 12.1. The van der Waals surface area contributed by atoms with Crippen LogP contribution in [0.5, 0.6) is 5.75 Å². The lowest BCUT2D eigenvalue weighted by Gasteiger charge is -2.27. The maximum absolute atomic E-state index is 11.9. The van der Waals surface area contributed by atoms with Gasteiger partial charge in [0.15, 0.2) is 0 Å². The van der Waals surface area contributed by atoms with E-state index in [4.69, 9.17) is 10.5 Å². The van der Waals surface area contributed by atoms with Crippen molar-refractivity contribution in [3.8, 4) is 5.75 Å². The van der Waals surface area contributed by atoms with Crippen molar-refractivity contribution in [3.63, 3.8) is 0 Å². The smallest absolute Gasteiger partial charge is 0.248 e. The predicted molar refractivity (Wildman–Crippen MR) is 102 cm³/mol. The molecule has 2 aromatic rings. The molecule has 1 atom stereocenters. The van der Waals surface area contributed by atoms with Crippen molar-refractivity contribution in [1.29, 1.82) is 0 Å². The van der Waals surface area contributed by atoms with Gasteiger partial charge in [-0.25, -0.2) is 0 Å². The standard InChI is InChI=1S/C21H22BrNO2/c22-17-6-5-14-9-16(4-3-15(14)10-17)20-11-18(25-12-13-1-2-13)7-8-19(20)21(23)24/h5-8,10-11,13,16H,1-4,9,12H2,(H2,23,24)/t16-/m0/s1. The number of benzene rings is 2. The van der Waals surface area contributed by atoms with E-state index in [0.29, 0.717) is 17.4 Å². The van der Waals surface area contributed by atoms with E-state index in [1.807, 2.05) is 18.2 Å². The van der Waals surface area contributed by atoms with Crippen LogP contribution in [0.4, 0.5) is 0 Å². The van der Waals surface area contributed by atoms with E-state index in [2.05, 4.69) is 34.1 Å². The van der Waals surface area contributed by atoms with Crippen LogP contribution in [0.3, 0.4) is 0 Å². The van der Waals surface area contributed by atoms with E-state index in [1.165, 1.54) is 24.0 Å². The van der Waals surface area contributed by atoms with E-state index < -0.39 is 0 Å². The Balaban J connectivity index is 1.61. The maximum Gasteiger partial charge on any atom is 0.248 e. The number of carbonyl (C=O) groups is 1. The summed E-state index contributed by atoms with van der Waals surface area (Å²) in [4.78, 5) is 11.9. The topological polar surface area (TPSA) is 52.3 Å². The van der Waals surface area contributed by atoms with Crippen molar-refractivity contribution in [1.82, 2.24) is 0 Å². The summed E-state index contributed by atoms with van der Waals surface area (Å²) in [5.74, 6) is 1.51. The number of hydrogen-bond acceptors (Lipinski definition) is 2. The van der Waals surface area contributed by atoms with Crippen LogP contribution in [0.15, 0.2) is 40.9 Å². The Morgan fingerprint density at radius 3 is 2.72 bits per heavy atom. The second-order valence-electron chi connectivity index (χ2n) is 7.22. The number of halogens is 1. The predicted octanol–water partition coefficient (Wildman–Crippen LogP) is 4.61. The SMILES string of the molecule is NC(=O)c1ccc(OCC2CC2)cc1[C@H]1CCc2cc(Br)ccc2C1. The van der Waals surface area contributed by atoms with Crippen molar-refractivity contribution in [2.45, 2.75) is 38.0 Å². The fraction of sp³-hybridized carbons (Fsp3) is 0.381. The van der Waals surface area contributed by atoms with Gasteiger partial charge in [0, 0.05) is 10.0 Å². The van der Waals surface area contributed by atoms with Gasteiger partial charge in [0.05, 0.1) is 6.61 Å². The number of carbonyl (C=O) groups excluding carboxylic acids is 1. The fourth-order valence-electron chi connectivity index (χ4n) is 3.68. The van der Waals surface area contributed by atoms with E-state index >= 15 is 0 Å². The third-order valence-electron chi connectivity index (χ3n) is 5.31. The molecule has 0 aromatic heterocycles. The minimum Gasteiger partial charge on any atom is -0.493 e. The van der Waals surface area contributed by atoms with Crippen molar-refractivity contribution >= 4 is 21.8 Å². The molecular weight excluding hydrogens is 378 g/mol. The van der Waals surface area contributed by atoms with Crippen LogP contribution in [0.1, 0.15) is 52.2 Å². The number of aryl methyl sites for hydroxylation is 1. The molecule has 2 N–H and O–H groups in total. The summed E-state index contributed by atoms with van der Waals surface area (Å²) < 4.78 is 7.05. The van der Waals surface area contributed by atoms with Gasteiger partial charge >= 0.3 is 0 Å². The molecule has 2 aromatic carbocycles. The molecule has 1 fully saturated rings. The van der Waals surface area contributed by atoms with E-state index in [0.717, 1.165) is 41.7 Å². The molecule has 0 spiro atoms. The first-order valence-corrected chi connectivity index (χ1v) is 9.73. The fourth-order valence-corrected chi connectivity index (χ4v) is 4.09. The molecule has 25 heavy (non-hydrogen) atoms. The van der Waals surface area contributed by atoms with E-state index in [1.54, 1.807) is 0 Å². The molecule has 2 aliphatic rings. The monoisotopic (exact) mass is 399 g/mol. The average Bonchev–Trinajstić information content (AvgIpc) is 3.43. The summed E-state index contributed by atoms with van der Waals surface area (Å²) in [5, 5.41) is 0. The van der Waals surface area contributed by atoms with Crippen molar-refractivity contribution in [2.24, 2.45) is 11.7 Å². The molecular formula is C21H22BrNO2. The lowest BCUT2D eigenvalue weighted by molar-refractivity contribution is 0.0998. The number of ether oxygens (including phenoxy) is 1. The van der Waals surface area contributed by atoms with Gasteiger partial charge in [-0.3, -0.25) is 4.79 Å². The summed E-state index contributed by atoms with van der Waals surface area (Å²) >= 11 is 3.55. The van der Waals surface area contributed by atoms with Crippen LogP contribution < -0.4 is 10.5 Å². The van der Waals surface area contributed by atoms with E-state index in [9.17, 15) is 4.79 Å². The summed E-state index contributed by atoms with van der Waals surface area (Å²) in [6.07, 6.45) is 5.51. The molecule has 0 saturated heterocycles. The highest BCUT2D eigenvalue weighted by Gasteiger charge is 2.25. The van der Waals surface area contributed by atoms with Gasteiger partial charge in [-0.2, -0.15) is 0 Å². The maximum atomic E-state index is 11.9. The third kappa shape index (κ3) is 3.74. The largest absolute Gasteiger partial charge is 0.493 e. The Morgan fingerprint density at radius 2 is 1.96 bits per heavy atom. The third-order valence-corrected chi connectivity index (χ3v) is 5.80. The van der Waals surface area contributed by atoms with Crippen molar-refractivity contribution in [3.05, 3.63) is 63.1 Å². The molecule has 2 aliphatic carbocycles. The molecule has 4 rings (SSSR count). The Hall–Kier alpha value is -1.81. The van der Waals surface area contributed by atoms with Gasteiger partial charge in [-0.1, -0.05) is 22.0 Å². The zero-order valence-corrected chi connectivity index (χ0v) is 15.7. The molecule has 3 nitrogen and oxygen atoms in total. The first kappa shape index (κ1) is 16.6. The van der Waals surface area contributed by atoms with Gasteiger partial charge in [0.25, 0.3) is 0 Å². The molecule has 0 aliphatic heterocycles.